The van der Waals surface area contributed by atoms with Gasteiger partial charge in [0.15, 0.2) is 12.2 Å². The molecule has 1 aliphatic rings. The summed E-state index contributed by atoms with van der Waals surface area (Å²) in [5.41, 5.74) is 2.24. The van der Waals surface area contributed by atoms with E-state index in [0.29, 0.717) is 6.54 Å². The van der Waals surface area contributed by atoms with Gasteiger partial charge in [0, 0.05) is 12.5 Å². The second-order valence-corrected chi connectivity index (χ2v) is 5.85. The van der Waals surface area contributed by atoms with Crippen molar-refractivity contribution in [1.29, 1.82) is 0 Å². The van der Waals surface area contributed by atoms with Crippen molar-refractivity contribution in [1.82, 2.24) is 5.32 Å². The Morgan fingerprint density at radius 3 is 2.08 bits per heavy atom. The Kier molecular flexibility index (Phi) is 5.46. The van der Waals surface area contributed by atoms with Gasteiger partial charge in [0.2, 0.25) is 0 Å². The van der Waals surface area contributed by atoms with Crippen LogP contribution in [0.4, 0.5) is 0 Å². The van der Waals surface area contributed by atoms with E-state index >= 15 is 0 Å². The molecule has 1 aliphatic heterocycles. The molecule has 5 nitrogen and oxygen atoms in total. The smallest absolute Gasteiger partial charge is 0.338 e. The minimum Gasteiger partial charge on any atom is -0.464 e. The van der Waals surface area contributed by atoms with E-state index in [2.05, 4.69) is 5.32 Å². The van der Waals surface area contributed by atoms with E-state index in [0.717, 1.165) is 11.1 Å². The van der Waals surface area contributed by atoms with E-state index < -0.39 is 18.2 Å². The van der Waals surface area contributed by atoms with Crippen molar-refractivity contribution in [3.05, 3.63) is 71.8 Å². The van der Waals surface area contributed by atoms with Crippen LogP contribution in [-0.2, 0) is 19.1 Å². The lowest BCUT2D eigenvalue weighted by Crippen LogP contribution is -2.34. The fourth-order valence-corrected chi connectivity index (χ4v) is 2.82. The Bertz CT molecular complexity index is 677. The second-order valence-electron chi connectivity index (χ2n) is 5.85. The summed E-state index contributed by atoms with van der Waals surface area (Å²) in [6, 6.07) is 20.0. The standard InChI is InChI=1S/C20H21NO4/c1-2-24-20(23)18-17(25-18)19(22)21-13-16(14-9-5-3-6-10-14)15-11-7-4-8-12-15/h3-12,16-18H,2,13H2,1H3,(H,21,22). The number of carbonyl (C=O) groups is 2. The average Bonchev–Trinajstić information content (AvgIpc) is 3.45. The monoisotopic (exact) mass is 339 g/mol. The summed E-state index contributed by atoms with van der Waals surface area (Å²) >= 11 is 0. The van der Waals surface area contributed by atoms with Gasteiger partial charge in [0.05, 0.1) is 6.61 Å². The SMILES string of the molecule is CCOC(=O)C1OC1C(=O)NCC(c1ccccc1)c1ccccc1. The third kappa shape index (κ3) is 4.25. The van der Waals surface area contributed by atoms with Crippen molar-refractivity contribution in [2.75, 3.05) is 13.2 Å². The number of esters is 1. The van der Waals surface area contributed by atoms with Gasteiger partial charge in [0.25, 0.3) is 5.91 Å². The van der Waals surface area contributed by atoms with Crippen LogP contribution in [0, 0.1) is 0 Å². The Balaban J connectivity index is 1.64. The lowest BCUT2D eigenvalue weighted by atomic mass is 9.91. The zero-order valence-corrected chi connectivity index (χ0v) is 14.1. The van der Waals surface area contributed by atoms with E-state index in [1.165, 1.54) is 0 Å². The van der Waals surface area contributed by atoms with Crippen molar-refractivity contribution < 1.29 is 19.1 Å². The molecule has 3 rings (SSSR count). The molecule has 1 saturated heterocycles. The molecule has 0 spiro atoms. The van der Waals surface area contributed by atoms with E-state index in [1.807, 2.05) is 60.7 Å². The molecule has 2 unspecified atom stereocenters. The highest BCUT2D eigenvalue weighted by Gasteiger charge is 2.51. The molecule has 1 N–H and O–H groups in total. The predicted molar refractivity (Wildman–Crippen MR) is 93.0 cm³/mol. The van der Waals surface area contributed by atoms with Crippen molar-refractivity contribution in [3.63, 3.8) is 0 Å². The first-order valence-corrected chi connectivity index (χ1v) is 8.40. The summed E-state index contributed by atoms with van der Waals surface area (Å²) in [5, 5.41) is 2.90. The molecule has 0 saturated carbocycles. The van der Waals surface area contributed by atoms with Crippen LogP contribution in [0.5, 0.6) is 0 Å². The van der Waals surface area contributed by atoms with Crippen LogP contribution in [-0.4, -0.2) is 37.2 Å². The average molecular weight is 339 g/mol. The molecule has 0 aliphatic carbocycles. The van der Waals surface area contributed by atoms with Gasteiger partial charge in [-0.2, -0.15) is 0 Å². The minimum absolute atomic E-state index is 0.0335. The van der Waals surface area contributed by atoms with Gasteiger partial charge in [0.1, 0.15) is 0 Å². The number of ether oxygens (including phenoxy) is 2. The summed E-state index contributed by atoms with van der Waals surface area (Å²) in [6.45, 7) is 2.43. The summed E-state index contributed by atoms with van der Waals surface area (Å²) in [4.78, 5) is 23.8. The van der Waals surface area contributed by atoms with Crippen molar-refractivity contribution in [3.8, 4) is 0 Å². The lowest BCUT2D eigenvalue weighted by molar-refractivity contribution is -0.144. The van der Waals surface area contributed by atoms with Gasteiger partial charge < -0.3 is 14.8 Å². The number of carbonyl (C=O) groups excluding carboxylic acids is 2. The zero-order chi connectivity index (χ0) is 17.6. The topological polar surface area (TPSA) is 67.9 Å². The predicted octanol–water partition coefficient (Wildman–Crippen LogP) is 2.27. The maximum atomic E-state index is 12.2. The molecule has 1 heterocycles. The van der Waals surface area contributed by atoms with Crippen LogP contribution in [0.15, 0.2) is 60.7 Å². The maximum Gasteiger partial charge on any atom is 0.338 e. The maximum absolute atomic E-state index is 12.2. The Labute approximate surface area is 147 Å². The van der Waals surface area contributed by atoms with Gasteiger partial charge in [-0.15, -0.1) is 0 Å². The number of amides is 1. The molecule has 0 bridgehead atoms. The molecule has 1 fully saturated rings. The molecule has 0 aromatic heterocycles. The summed E-state index contributed by atoms with van der Waals surface area (Å²) in [5.74, 6) is -0.730. The second kappa shape index (κ2) is 7.94. The van der Waals surface area contributed by atoms with Gasteiger partial charge in [-0.05, 0) is 18.1 Å². The highest BCUT2D eigenvalue weighted by atomic mass is 16.6. The van der Waals surface area contributed by atoms with E-state index in [-0.39, 0.29) is 18.4 Å². The third-order valence-corrected chi connectivity index (χ3v) is 4.15. The number of hydrogen-bond donors (Lipinski definition) is 1. The zero-order valence-electron chi connectivity index (χ0n) is 14.1. The Morgan fingerprint density at radius 1 is 1.00 bits per heavy atom. The van der Waals surface area contributed by atoms with Crippen LogP contribution in [0.3, 0.4) is 0 Å². The van der Waals surface area contributed by atoms with Gasteiger partial charge in [-0.25, -0.2) is 4.79 Å². The van der Waals surface area contributed by atoms with Crippen LogP contribution in [0.25, 0.3) is 0 Å². The largest absolute Gasteiger partial charge is 0.464 e. The molecule has 2 atom stereocenters. The molecular weight excluding hydrogens is 318 g/mol. The number of hydrogen-bond acceptors (Lipinski definition) is 4. The quantitative estimate of drug-likeness (QED) is 0.621. The Morgan fingerprint density at radius 2 is 1.56 bits per heavy atom. The van der Waals surface area contributed by atoms with Gasteiger partial charge in [-0.3, -0.25) is 4.79 Å². The van der Waals surface area contributed by atoms with Crippen molar-refractivity contribution in [2.45, 2.75) is 25.0 Å². The van der Waals surface area contributed by atoms with Gasteiger partial charge in [-0.1, -0.05) is 60.7 Å². The molecule has 130 valence electrons. The number of benzene rings is 2. The molecular formula is C20H21NO4. The summed E-state index contributed by atoms with van der Waals surface area (Å²) < 4.78 is 10.0. The molecule has 1 amide bonds. The highest BCUT2D eigenvalue weighted by Crippen LogP contribution is 2.26. The van der Waals surface area contributed by atoms with Crippen molar-refractivity contribution in [2.24, 2.45) is 0 Å². The number of nitrogens with one attached hydrogen (secondary N) is 1. The van der Waals surface area contributed by atoms with E-state index in [9.17, 15) is 9.59 Å². The molecule has 5 heteroatoms. The van der Waals surface area contributed by atoms with Crippen LogP contribution < -0.4 is 5.32 Å². The fraction of sp³-hybridized carbons (Fsp3) is 0.300. The first kappa shape index (κ1) is 17.2. The minimum atomic E-state index is -0.771. The van der Waals surface area contributed by atoms with Crippen LogP contribution in [0.1, 0.15) is 24.0 Å². The van der Waals surface area contributed by atoms with Crippen LogP contribution >= 0.6 is 0 Å². The molecule has 2 aromatic carbocycles. The van der Waals surface area contributed by atoms with Crippen LogP contribution in [0.2, 0.25) is 0 Å². The highest BCUT2D eigenvalue weighted by molar-refractivity contribution is 5.92. The van der Waals surface area contributed by atoms with E-state index in [4.69, 9.17) is 9.47 Å². The normalized spacial score (nSPS) is 18.6. The van der Waals surface area contributed by atoms with E-state index in [1.54, 1.807) is 6.92 Å². The number of rotatable bonds is 7. The van der Waals surface area contributed by atoms with Crippen molar-refractivity contribution >= 4 is 11.9 Å². The fourth-order valence-electron chi connectivity index (χ4n) is 2.82. The molecule has 0 radical (unpaired) electrons. The first-order valence-electron chi connectivity index (χ1n) is 8.40. The van der Waals surface area contributed by atoms with Gasteiger partial charge >= 0.3 is 5.97 Å². The first-order chi connectivity index (χ1) is 12.2. The lowest BCUT2D eigenvalue weighted by Gasteiger charge is -2.18. The third-order valence-electron chi connectivity index (χ3n) is 4.15. The Hall–Kier alpha value is -2.66. The summed E-state index contributed by atoms with van der Waals surface area (Å²) in [6.07, 6.45) is -1.52. The number of epoxide rings is 1. The summed E-state index contributed by atoms with van der Waals surface area (Å²) in [7, 11) is 0. The molecule has 25 heavy (non-hydrogen) atoms. The molecule has 2 aromatic rings.